The largest absolute Gasteiger partial charge is 0.444 e. The van der Waals surface area contributed by atoms with Gasteiger partial charge in [-0.25, -0.2) is 14.8 Å². The van der Waals surface area contributed by atoms with Crippen LogP contribution in [0.4, 0.5) is 4.79 Å². The number of carbonyl (C=O) groups is 1. The van der Waals surface area contributed by atoms with Crippen LogP contribution in [0.3, 0.4) is 0 Å². The van der Waals surface area contributed by atoms with Crippen LogP contribution < -0.4 is 10.6 Å². The maximum absolute atomic E-state index is 11.8. The predicted octanol–water partition coefficient (Wildman–Crippen LogP) is 2.12. The van der Waals surface area contributed by atoms with E-state index in [1.54, 1.807) is 6.20 Å². The fourth-order valence-corrected chi connectivity index (χ4v) is 1.69. The lowest BCUT2D eigenvalue weighted by molar-refractivity contribution is 0.0490. The highest BCUT2D eigenvalue weighted by Crippen LogP contribution is 2.08. The van der Waals surface area contributed by atoms with Crippen molar-refractivity contribution in [3.63, 3.8) is 0 Å². The van der Waals surface area contributed by atoms with Gasteiger partial charge in [-0.15, -0.1) is 0 Å². The van der Waals surface area contributed by atoms with Gasteiger partial charge in [0.05, 0.1) is 5.69 Å². The van der Waals surface area contributed by atoms with E-state index >= 15 is 0 Å². The molecule has 0 spiro atoms. The molecule has 0 radical (unpaired) electrons. The van der Waals surface area contributed by atoms with Crippen molar-refractivity contribution >= 4 is 6.09 Å². The third-order valence-corrected chi connectivity index (χ3v) is 2.82. The van der Waals surface area contributed by atoms with Crippen LogP contribution in [0.2, 0.25) is 0 Å². The van der Waals surface area contributed by atoms with Gasteiger partial charge in [0, 0.05) is 25.3 Å². The first-order chi connectivity index (χ1) is 9.78. The summed E-state index contributed by atoms with van der Waals surface area (Å²) in [6.45, 7) is 11.0. The number of aromatic nitrogens is 2. The number of nitrogens with zero attached hydrogens (tertiary/aromatic N) is 2. The van der Waals surface area contributed by atoms with Crippen molar-refractivity contribution in [3.8, 4) is 0 Å². The van der Waals surface area contributed by atoms with E-state index in [0.717, 1.165) is 5.69 Å². The van der Waals surface area contributed by atoms with E-state index in [0.29, 0.717) is 19.0 Å². The second kappa shape index (κ2) is 7.93. The molecule has 0 aliphatic heterocycles. The minimum Gasteiger partial charge on any atom is -0.444 e. The van der Waals surface area contributed by atoms with E-state index in [2.05, 4.69) is 34.4 Å². The Kier molecular flexibility index (Phi) is 6.55. The molecule has 0 saturated heterocycles. The van der Waals surface area contributed by atoms with E-state index in [4.69, 9.17) is 4.74 Å². The standard InChI is InChI=1S/C15H26N4O2/c1-11(2)13(19-14(20)21-15(3,4)5)9-17-8-12-6-7-16-10-18-12/h6-7,10-11,13,17H,8-9H2,1-5H3,(H,19,20). The first-order valence-corrected chi connectivity index (χ1v) is 7.23. The molecule has 0 aliphatic carbocycles. The highest BCUT2D eigenvalue weighted by atomic mass is 16.6. The summed E-state index contributed by atoms with van der Waals surface area (Å²) in [5.41, 5.74) is 0.435. The molecule has 1 aromatic heterocycles. The van der Waals surface area contributed by atoms with Crippen molar-refractivity contribution in [1.82, 2.24) is 20.6 Å². The van der Waals surface area contributed by atoms with Crippen LogP contribution >= 0.6 is 0 Å². The van der Waals surface area contributed by atoms with Gasteiger partial charge in [-0.3, -0.25) is 0 Å². The summed E-state index contributed by atoms with van der Waals surface area (Å²) in [5.74, 6) is 0.301. The Bertz CT molecular complexity index is 429. The van der Waals surface area contributed by atoms with Crippen molar-refractivity contribution in [2.75, 3.05) is 6.54 Å². The summed E-state index contributed by atoms with van der Waals surface area (Å²) in [5, 5.41) is 6.19. The number of carbonyl (C=O) groups excluding carboxylic acids is 1. The Morgan fingerprint density at radius 2 is 2.10 bits per heavy atom. The van der Waals surface area contributed by atoms with Crippen molar-refractivity contribution in [2.45, 2.75) is 52.8 Å². The lowest BCUT2D eigenvalue weighted by atomic mass is 10.0. The first-order valence-electron chi connectivity index (χ1n) is 7.23. The molecule has 6 nitrogen and oxygen atoms in total. The Hall–Kier alpha value is -1.69. The van der Waals surface area contributed by atoms with Crippen LogP contribution in [0.25, 0.3) is 0 Å². The van der Waals surface area contributed by atoms with Crippen LogP contribution in [-0.2, 0) is 11.3 Å². The molecule has 0 aromatic carbocycles. The zero-order valence-corrected chi connectivity index (χ0v) is 13.5. The number of alkyl carbamates (subject to hydrolysis) is 1. The number of rotatable bonds is 6. The lowest BCUT2D eigenvalue weighted by Gasteiger charge is -2.26. The number of hydrogen-bond acceptors (Lipinski definition) is 5. The van der Waals surface area contributed by atoms with Gasteiger partial charge in [0.2, 0.25) is 0 Å². The maximum Gasteiger partial charge on any atom is 0.407 e. The van der Waals surface area contributed by atoms with E-state index in [1.165, 1.54) is 6.33 Å². The molecule has 0 fully saturated rings. The van der Waals surface area contributed by atoms with Crippen molar-refractivity contribution in [1.29, 1.82) is 0 Å². The number of ether oxygens (including phenoxy) is 1. The molecule has 1 rings (SSSR count). The van der Waals surface area contributed by atoms with Gasteiger partial charge in [0.1, 0.15) is 11.9 Å². The zero-order valence-electron chi connectivity index (χ0n) is 13.5. The molecule has 0 saturated carbocycles. The Morgan fingerprint density at radius 3 is 2.62 bits per heavy atom. The summed E-state index contributed by atoms with van der Waals surface area (Å²) in [6, 6.07) is 1.86. The Balaban J connectivity index is 2.41. The topological polar surface area (TPSA) is 76.1 Å². The van der Waals surface area contributed by atoms with E-state index < -0.39 is 5.60 Å². The van der Waals surface area contributed by atoms with Gasteiger partial charge in [0.15, 0.2) is 0 Å². The smallest absolute Gasteiger partial charge is 0.407 e. The molecule has 1 aromatic rings. The molecule has 21 heavy (non-hydrogen) atoms. The van der Waals surface area contributed by atoms with Crippen molar-refractivity contribution in [2.24, 2.45) is 5.92 Å². The Morgan fingerprint density at radius 1 is 1.38 bits per heavy atom. The van der Waals surface area contributed by atoms with Gasteiger partial charge in [-0.1, -0.05) is 13.8 Å². The maximum atomic E-state index is 11.8. The highest BCUT2D eigenvalue weighted by molar-refractivity contribution is 5.68. The van der Waals surface area contributed by atoms with Crippen LogP contribution in [0.15, 0.2) is 18.6 Å². The predicted molar refractivity (Wildman–Crippen MR) is 81.7 cm³/mol. The normalized spacial score (nSPS) is 13.0. The monoisotopic (exact) mass is 294 g/mol. The minimum atomic E-state index is -0.486. The number of amides is 1. The average Bonchev–Trinajstić information content (AvgIpc) is 2.36. The second-order valence-electron chi connectivity index (χ2n) is 6.33. The average molecular weight is 294 g/mol. The first kappa shape index (κ1) is 17.4. The molecule has 1 unspecified atom stereocenters. The summed E-state index contributed by atoms with van der Waals surface area (Å²) in [7, 11) is 0. The van der Waals surface area contributed by atoms with Crippen molar-refractivity contribution < 1.29 is 9.53 Å². The third kappa shape index (κ3) is 7.60. The molecule has 118 valence electrons. The SMILES string of the molecule is CC(C)C(CNCc1ccncn1)NC(=O)OC(C)(C)C. The van der Waals surface area contributed by atoms with Gasteiger partial charge >= 0.3 is 6.09 Å². The van der Waals surface area contributed by atoms with E-state index in [-0.39, 0.29) is 12.1 Å². The summed E-state index contributed by atoms with van der Waals surface area (Å²) in [4.78, 5) is 19.8. The van der Waals surface area contributed by atoms with Gasteiger partial charge in [0.25, 0.3) is 0 Å². The van der Waals surface area contributed by atoms with E-state index in [9.17, 15) is 4.79 Å². The molecular weight excluding hydrogens is 268 g/mol. The summed E-state index contributed by atoms with van der Waals surface area (Å²) >= 11 is 0. The molecule has 1 heterocycles. The van der Waals surface area contributed by atoms with Crippen LogP contribution in [-0.4, -0.2) is 34.2 Å². The van der Waals surface area contributed by atoms with Crippen LogP contribution in [0.1, 0.15) is 40.3 Å². The van der Waals surface area contributed by atoms with Crippen molar-refractivity contribution in [3.05, 3.63) is 24.3 Å². The van der Waals surface area contributed by atoms with Gasteiger partial charge < -0.3 is 15.4 Å². The molecule has 0 bridgehead atoms. The highest BCUT2D eigenvalue weighted by Gasteiger charge is 2.21. The molecule has 6 heteroatoms. The third-order valence-electron chi connectivity index (χ3n) is 2.82. The molecular formula is C15H26N4O2. The lowest BCUT2D eigenvalue weighted by Crippen LogP contribution is -2.47. The van der Waals surface area contributed by atoms with Gasteiger partial charge in [-0.05, 0) is 32.8 Å². The van der Waals surface area contributed by atoms with E-state index in [1.807, 2.05) is 26.8 Å². The molecule has 2 N–H and O–H groups in total. The number of hydrogen-bond donors (Lipinski definition) is 2. The summed E-state index contributed by atoms with van der Waals surface area (Å²) in [6.07, 6.45) is 2.85. The number of nitrogens with one attached hydrogen (secondary N) is 2. The Labute approximate surface area is 126 Å². The summed E-state index contributed by atoms with van der Waals surface area (Å²) < 4.78 is 5.28. The molecule has 1 amide bonds. The van der Waals surface area contributed by atoms with Crippen LogP contribution in [0.5, 0.6) is 0 Å². The quantitative estimate of drug-likeness (QED) is 0.840. The molecule has 1 atom stereocenters. The minimum absolute atomic E-state index is 0.00156. The fourth-order valence-electron chi connectivity index (χ4n) is 1.69. The second-order valence-corrected chi connectivity index (χ2v) is 6.33. The zero-order chi connectivity index (χ0) is 15.9. The van der Waals surface area contributed by atoms with Crippen LogP contribution in [0, 0.1) is 5.92 Å². The molecule has 0 aliphatic rings. The fraction of sp³-hybridized carbons (Fsp3) is 0.667. The van der Waals surface area contributed by atoms with Gasteiger partial charge in [-0.2, -0.15) is 0 Å².